The molecule has 0 saturated carbocycles. The lowest BCUT2D eigenvalue weighted by atomic mass is 10.0. The molecule has 0 radical (unpaired) electrons. The molecule has 1 atom stereocenters. The topological polar surface area (TPSA) is 12.0 Å². The quantitative estimate of drug-likeness (QED) is 0.581. The van der Waals surface area contributed by atoms with Gasteiger partial charge in [-0.05, 0) is 37.8 Å². The Balaban J connectivity index is 2.84. The zero-order valence-corrected chi connectivity index (χ0v) is 10.3. The molecule has 0 amide bonds. The summed E-state index contributed by atoms with van der Waals surface area (Å²) in [4.78, 5) is 1.36. The van der Waals surface area contributed by atoms with E-state index in [0.29, 0.717) is 6.04 Å². The minimum absolute atomic E-state index is 0.437. The monoisotopic (exact) mass is 221 g/mol. The van der Waals surface area contributed by atoms with Crippen molar-refractivity contribution in [2.45, 2.75) is 23.8 Å². The number of hydrogen-bond donors (Lipinski definition) is 1. The third-order valence-electron chi connectivity index (χ3n) is 2.52. The summed E-state index contributed by atoms with van der Waals surface area (Å²) < 4.78 is 0. The summed E-state index contributed by atoms with van der Waals surface area (Å²) in [6.45, 7) is 3.77. The van der Waals surface area contributed by atoms with Gasteiger partial charge in [-0.15, -0.1) is 18.3 Å². The predicted molar refractivity (Wildman–Crippen MR) is 69.5 cm³/mol. The summed E-state index contributed by atoms with van der Waals surface area (Å²) in [6, 6.07) is 9.02. The lowest BCUT2D eigenvalue weighted by molar-refractivity contribution is 0.547. The van der Waals surface area contributed by atoms with Crippen molar-refractivity contribution < 1.29 is 0 Å². The maximum absolute atomic E-state index is 3.77. The molecular weight excluding hydrogens is 202 g/mol. The zero-order chi connectivity index (χ0) is 11.1. The van der Waals surface area contributed by atoms with Crippen LogP contribution in [0.15, 0.2) is 41.8 Å². The Hall–Kier alpha value is -0.730. The van der Waals surface area contributed by atoms with E-state index in [4.69, 9.17) is 0 Å². The second-order valence-electron chi connectivity index (χ2n) is 3.45. The van der Waals surface area contributed by atoms with Gasteiger partial charge in [0.2, 0.25) is 0 Å². The van der Waals surface area contributed by atoms with Crippen molar-refractivity contribution in [2.24, 2.45) is 0 Å². The van der Waals surface area contributed by atoms with Crippen molar-refractivity contribution in [3.05, 3.63) is 42.5 Å². The first kappa shape index (κ1) is 12.3. The molecule has 0 spiro atoms. The maximum atomic E-state index is 3.77. The molecule has 82 valence electrons. The normalized spacial score (nSPS) is 12.4. The Morgan fingerprint density at radius 3 is 2.80 bits per heavy atom. The number of hydrogen-bond acceptors (Lipinski definition) is 2. The van der Waals surface area contributed by atoms with Crippen molar-refractivity contribution >= 4 is 11.8 Å². The van der Waals surface area contributed by atoms with Gasteiger partial charge in [-0.1, -0.05) is 24.3 Å². The van der Waals surface area contributed by atoms with Crippen molar-refractivity contribution in [1.82, 2.24) is 5.32 Å². The number of allylic oxidation sites excluding steroid dienone is 1. The van der Waals surface area contributed by atoms with Gasteiger partial charge in [-0.25, -0.2) is 0 Å². The SMILES string of the molecule is C=CCCC(NC)c1ccccc1SC. The van der Waals surface area contributed by atoms with Crippen LogP contribution in [0, 0.1) is 0 Å². The predicted octanol–water partition coefficient (Wildman–Crippen LogP) is 3.64. The van der Waals surface area contributed by atoms with Crippen LogP contribution in [0.2, 0.25) is 0 Å². The van der Waals surface area contributed by atoms with Gasteiger partial charge in [0, 0.05) is 10.9 Å². The summed E-state index contributed by atoms with van der Waals surface area (Å²) in [5.41, 5.74) is 1.40. The van der Waals surface area contributed by atoms with E-state index >= 15 is 0 Å². The highest BCUT2D eigenvalue weighted by molar-refractivity contribution is 7.98. The van der Waals surface area contributed by atoms with Gasteiger partial charge in [0.05, 0.1) is 0 Å². The average Bonchev–Trinajstić information content (AvgIpc) is 2.30. The van der Waals surface area contributed by atoms with E-state index in [1.54, 1.807) is 11.8 Å². The fraction of sp³-hybridized carbons (Fsp3) is 0.385. The van der Waals surface area contributed by atoms with E-state index < -0.39 is 0 Å². The standard InChI is InChI=1S/C13H19NS/c1-4-5-9-12(14-2)11-8-6-7-10-13(11)15-3/h4,6-8,10,12,14H,1,5,9H2,2-3H3. The molecule has 0 heterocycles. The molecule has 1 unspecified atom stereocenters. The molecule has 0 aromatic heterocycles. The van der Waals surface area contributed by atoms with Crippen LogP contribution < -0.4 is 5.32 Å². The zero-order valence-electron chi connectivity index (χ0n) is 9.49. The van der Waals surface area contributed by atoms with Crippen LogP contribution in [0.1, 0.15) is 24.4 Å². The van der Waals surface area contributed by atoms with E-state index in [1.807, 2.05) is 13.1 Å². The highest BCUT2D eigenvalue weighted by Crippen LogP contribution is 2.28. The van der Waals surface area contributed by atoms with Crippen LogP contribution >= 0.6 is 11.8 Å². The van der Waals surface area contributed by atoms with Crippen LogP contribution in [-0.4, -0.2) is 13.3 Å². The number of rotatable bonds is 6. The van der Waals surface area contributed by atoms with Gasteiger partial charge in [0.1, 0.15) is 0 Å². The molecule has 0 aliphatic carbocycles. The summed E-state index contributed by atoms with van der Waals surface area (Å²) in [5, 5.41) is 3.37. The van der Waals surface area contributed by atoms with Gasteiger partial charge in [-0.2, -0.15) is 0 Å². The molecule has 0 aliphatic rings. The molecule has 1 rings (SSSR count). The third-order valence-corrected chi connectivity index (χ3v) is 3.33. The fourth-order valence-corrected chi connectivity index (χ4v) is 2.35. The van der Waals surface area contributed by atoms with E-state index in [1.165, 1.54) is 10.5 Å². The van der Waals surface area contributed by atoms with E-state index in [0.717, 1.165) is 12.8 Å². The minimum atomic E-state index is 0.437. The summed E-state index contributed by atoms with van der Waals surface area (Å²) in [6.07, 6.45) is 6.26. The fourth-order valence-electron chi connectivity index (χ4n) is 1.69. The van der Waals surface area contributed by atoms with E-state index in [-0.39, 0.29) is 0 Å². The van der Waals surface area contributed by atoms with Gasteiger partial charge in [0.15, 0.2) is 0 Å². The number of thioether (sulfide) groups is 1. The van der Waals surface area contributed by atoms with Crippen LogP contribution in [-0.2, 0) is 0 Å². The first-order chi connectivity index (χ1) is 7.33. The average molecular weight is 221 g/mol. The second-order valence-corrected chi connectivity index (χ2v) is 4.30. The summed E-state index contributed by atoms with van der Waals surface area (Å²) >= 11 is 1.81. The first-order valence-corrected chi connectivity index (χ1v) is 6.47. The van der Waals surface area contributed by atoms with Crippen LogP contribution in [0.25, 0.3) is 0 Å². The molecule has 1 aromatic carbocycles. The first-order valence-electron chi connectivity index (χ1n) is 5.24. The minimum Gasteiger partial charge on any atom is -0.313 e. The Bertz CT molecular complexity index is 309. The highest BCUT2D eigenvalue weighted by Gasteiger charge is 2.11. The van der Waals surface area contributed by atoms with Gasteiger partial charge >= 0.3 is 0 Å². The van der Waals surface area contributed by atoms with Crippen molar-refractivity contribution in [2.75, 3.05) is 13.3 Å². The summed E-state index contributed by atoms with van der Waals surface area (Å²) in [7, 11) is 2.02. The van der Waals surface area contributed by atoms with Crippen molar-refractivity contribution in [1.29, 1.82) is 0 Å². The number of benzene rings is 1. The van der Waals surface area contributed by atoms with Crippen molar-refractivity contribution in [3.63, 3.8) is 0 Å². The Labute approximate surface area is 97.0 Å². The molecule has 0 fully saturated rings. The highest BCUT2D eigenvalue weighted by atomic mass is 32.2. The molecule has 0 bridgehead atoms. The summed E-state index contributed by atoms with van der Waals surface area (Å²) in [5.74, 6) is 0. The molecule has 15 heavy (non-hydrogen) atoms. The van der Waals surface area contributed by atoms with Crippen LogP contribution in [0.4, 0.5) is 0 Å². The second kappa shape index (κ2) is 6.70. The van der Waals surface area contributed by atoms with Crippen LogP contribution in [0.5, 0.6) is 0 Å². The van der Waals surface area contributed by atoms with Gasteiger partial charge in [0.25, 0.3) is 0 Å². The van der Waals surface area contributed by atoms with Gasteiger partial charge < -0.3 is 5.32 Å². The number of nitrogens with one attached hydrogen (secondary N) is 1. The molecule has 0 aliphatic heterocycles. The molecule has 2 heteroatoms. The molecule has 1 nitrogen and oxygen atoms in total. The third kappa shape index (κ3) is 3.40. The molecule has 0 saturated heterocycles. The smallest absolute Gasteiger partial charge is 0.0331 e. The molecule has 1 aromatic rings. The maximum Gasteiger partial charge on any atom is 0.0331 e. The van der Waals surface area contributed by atoms with E-state index in [9.17, 15) is 0 Å². The molecule has 1 N–H and O–H groups in total. The van der Waals surface area contributed by atoms with Crippen LogP contribution in [0.3, 0.4) is 0 Å². The Kier molecular flexibility index (Phi) is 5.51. The van der Waals surface area contributed by atoms with Crippen molar-refractivity contribution in [3.8, 4) is 0 Å². The lowest BCUT2D eigenvalue weighted by Crippen LogP contribution is -2.16. The van der Waals surface area contributed by atoms with Gasteiger partial charge in [-0.3, -0.25) is 0 Å². The van der Waals surface area contributed by atoms with E-state index in [2.05, 4.69) is 42.4 Å². The molecular formula is C13H19NS. The lowest BCUT2D eigenvalue weighted by Gasteiger charge is -2.18. The largest absolute Gasteiger partial charge is 0.313 e. The Morgan fingerprint density at radius 2 is 2.20 bits per heavy atom. The Morgan fingerprint density at radius 1 is 1.47 bits per heavy atom.